The van der Waals surface area contributed by atoms with Gasteiger partial charge in [-0.15, -0.1) is 0 Å². The van der Waals surface area contributed by atoms with E-state index in [4.69, 9.17) is 9.15 Å². The Kier molecular flexibility index (Phi) is 5.92. The minimum absolute atomic E-state index is 0.218. The van der Waals surface area contributed by atoms with E-state index >= 15 is 0 Å². The lowest BCUT2D eigenvalue weighted by Gasteiger charge is -2.17. The van der Waals surface area contributed by atoms with Crippen LogP contribution in [0.25, 0.3) is 11.0 Å². The van der Waals surface area contributed by atoms with Crippen molar-refractivity contribution in [1.29, 1.82) is 0 Å². The summed E-state index contributed by atoms with van der Waals surface area (Å²) in [5.74, 6) is -1.00. The number of likely N-dealkylation sites (N-methyl/N-ethyl adjacent to an activating group) is 1. The number of carbonyl (C=O) groups is 2. The highest BCUT2D eigenvalue weighted by Crippen LogP contribution is 2.22. The van der Waals surface area contributed by atoms with Crippen LogP contribution < -0.4 is 15.7 Å². The van der Waals surface area contributed by atoms with E-state index in [2.05, 4.69) is 5.32 Å². The van der Waals surface area contributed by atoms with Gasteiger partial charge in [-0.3, -0.25) is 9.59 Å². The number of fused-ring (bicyclic) bond motifs is 1. The minimum atomic E-state index is -0.470. The first kappa shape index (κ1) is 20.1. The number of hydrogen-bond acceptors (Lipinski definition) is 5. The van der Waals surface area contributed by atoms with Crippen LogP contribution in [0.3, 0.4) is 0 Å². The molecule has 3 aromatic rings. The van der Waals surface area contributed by atoms with Gasteiger partial charge in [0.15, 0.2) is 6.61 Å². The monoisotopic (exact) mass is 398 g/mol. The van der Waals surface area contributed by atoms with E-state index in [1.165, 1.54) is 42.3 Å². The second-order valence-corrected chi connectivity index (χ2v) is 6.50. The number of anilines is 1. The summed E-state index contributed by atoms with van der Waals surface area (Å²) in [6, 6.07) is 11.8. The number of aryl methyl sites for hydroxylation is 1. The highest BCUT2D eigenvalue weighted by atomic mass is 19.1. The van der Waals surface area contributed by atoms with Crippen molar-refractivity contribution in [2.75, 3.05) is 25.5 Å². The molecule has 0 fully saturated rings. The molecular weight excluding hydrogens is 379 g/mol. The van der Waals surface area contributed by atoms with Crippen LogP contribution >= 0.6 is 0 Å². The number of amides is 2. The number of nitrogens with one attached hydrogen (secondary N) is 1. The first-order valence-corrected chi connectivity index (χ1v) is 8.78. The standard InChI is InChI=1S/C21H19FN2O5/c1-13-8-21(27)29-18-10-16(6-7-17(13)18)28-12-20(26)24(2)11-19(25)23-15-5-3-4-14(22)9-15/h3-10H,11-12H2,1-2H3,(H,23,25). The third-order valence-electron chi connectivity index (χ3n) is 4.20. The summed E-state index contributed by atoms with van der Waals surface area (Å²) in [5, 5.41) is 3.29. The third kappa shape index (κ3) is 5.19. The van der Waals surface area contributed by atoms with Gasteiger partial charge in [-0.25, -0.2) is 9.18 Å². The molecule has 3 rings (SSSR count). The number of nitrogens with zero attached hydrogens (tertiary/aromatic N) is 1. The van der Waals surface area contributed by atoms with Gasteiger partial charge in [0, 0.05) is 30.3 Å². The molecule has 29 heavy (non-hydrogen) atoms. The number of ether oxygens (including phenoxy) is 1. The second kappa shape index (κ2) is 8.55. The Morgan fingerprint density at radius 3 is 2.72 bits per heavy atom. The summed E-state index contributed by atoms with van der Waals surface area (Å²) in [7, 11) is 1.46. The maximum Gasteiger partial charge on any atom is 0.336 e. The van der Waals surface area contributed by atoms with Gasteiger partial charge >= 0.3 is 5.63 Å². The summed E-state index contributed by atoms with van der Waals surface area (Å²) in [4.78, 5) is 36.9. The quantitative estimate of drug-likeness (QED) is 0.645. The maximum absolute atomic E-state index is 13.2. The van der Waals surface area contributed by atoms with Gasteiger partial charge < -0.3 is 19.4 Å². The molecule has 150 valence electrons. The van der Waals surface area contributed by atoms with E-state index in [-0.39, 0.29) is 13.2 Å². The van der Waals surface area contributed by atoms with Crippen LogP contribution in [0.1, 0.15) is 5.56 Å². The largest absolute Gasteiger partial charge is 0.484 e. The molecule has 1 N–H and O–H groups in total. The van der Waals surface area contributed by atoms with Crippen LogP contribution in [0.5, 0.6) is 5.75 Å². The zero-order valence-electron chi connectivity index (χ0n) is 15.9. The first-order chi connectivity index (χ1) is 13.8. The smallest absolute Gasteiger partial charge is 0.336 e. The van der Waals surface area contributed by atoms with Crippen molar-refractivity contribution in [2.24, 2.45) is 0 Å². The molecule has 0 aliphatic heterocycles. The Hall–Kier alpha value is -3.68. The lowest BCUT2D eigenvalue weighted by molar-refractivity contribution is -0.135. The Balaban J connectivity index is 1.56. The average molecular weight is 398 g/mol. The van der Waals surface area contributed by atoms with E-state index in [0.717, 1.165) is 10.9 Å². The van der Waals surface area contributed by atoms with Gasteiger partial charge in [0.05, 0.1) is 6.54 Å². The summed E-state index contributed by atoms with van der Waals surface area (Å²) < 4.78 is 23.8. The van der Waals surface area contributed by atoms with Crippen molar-refractivity contribution in [3.8, 4) is 5.75 Å². The molecule has 0 unspecified atom stereocenters. The summed E-state index contributed by atoms with van der Waals surface area (Å²) in [6.45, 7) is 1.28. The average Bonchev–Trinajstić information content (AvgIpc) is 2.65. The van der Waals surface area contributed by atoms with Crippen LogP contribution in [0.15, 0.2) is 57.7 Å². The van der Waals surface area contributed by atoms with Gasteiger partial charge in [-0.05, 0) is 42.8 Å². The highest BCUT2D eigenvalue weighted by Gasteiger charge is 2.14. The van der Waals surface area contributed by atoms with E-state index < -0.39 is 23.3 Å². The van der Waals surface area contributed by atoms with Gasteiger partial charge in [-0.1, -0.05) is 6.07 Å². The molecule has 0 spiro atoms. The van der Waals surface area contributed by atoms with Crippen LogP contribution in [0.2, 0.25) is 0 Å². The molecule has 2 amide bonds. The lowest BCUT2D eigenvalue weighted by Crippen LogP contribution is -2.37. The molecule has 1 heterocycles. The van der Waals surface area contributed by atoms with Crippen molar-refractivity contribution < 1.29 is 23.1 Å². The number of halogens is 1. The fourth-order valence-corrected chi connectivity index (χ4v) is 2.72. The molecule has 0 atom stereocenters. The van der Waals surface area contributed by atoms with E-state index in [9.17, 15) is 18.8 Å². The van der Waals surface area contributed by atoms with E-state index in [0.29, 0.717) is 17.0 Å². The van der Waals surface area contributed by atoms with E-state index in [1.807, 2.05) is 0 Å². The molecule has 0 aliphatic carbocycles. The van der Waals surface area contributed by atoms with Crippen molar-refractivity contribution in [3.05, 3.63) is 70.3 Å². The zero-order chi connectivity index (χ0) is 21.0. The molecule has 0 radical (unpaired) electrons. The second-order valence-electron chi connectivity index (χ2n) is 6.50. The Labute approximate surface area is 165 Å². The highest BCUT2D eigenvalue weighted by molar-refractivity contribution is 5.94. The SMILES string of the molecule is Cc1cc(=O)oc2cc(OCC(=O)N(C)CC(=O)Nc3cccc(F)c3)ccc12. The minimum Gasteiger partial charge on any atom is -0.484 e. The molecule has 0 saturated carbocycles. The topological polar surface area (TPSA) is 88.8 Å². The summed E-state index contributed by atoms with van der Waals surface area (Å²) in [6.07, 6.45) is 0. The van der Waals surface area contributed by atoms with Gasteiger partial charge in [0.2, 0.25) is 5.91 Å². The third-order valence-corrected chi connectivity index (χ3v) is 4.20. The molecule has 0 saturated heterocycles. The fourth-order valence-electron chi connectivity index (χ4n) is 2.72. The first-order valence-electron chi connectivity index (χ1n) is 8.78. The molecule has 0 aliphatic rings. The van der Waals surface area contributed by atoms with Gasteiger partial charge in [-0.2, -0.15) is 0 Å². The summed E-state index contributed by atoms with van der Waals surface area (Å²) in [5.41, 5.74) is 0.984. The number of hydrogen-bond donors (Lipinski definition) is 1. The number of rotatable bonds is 6. The molecular formula is C21H19FN2O5. The van der Waals surface area contributed by atoms with Crippen molar-refractivity contribution in [3.63, 3.8) is 0 Å². The molecule has 1 aromatic heterocycles. The van der Waals surface area contributed by atoms with Crippen LogP contribution in [-0.4, -0.2) is 36.9 Å². The predicted octanol–water partition coefficient (Wildman–Crippen LogP) is 2.72. The van der Waals surface area contributed by atoms with Gasteiger partial charge in [0.1, 0.15) is 17.1 Å². The Morgan fingerprint density at radius 2 is 1.97 bits per heavy atom. The van der Waals surface area contributed by atoms with Crippen molar-refractivity contribution in [1.82, 2.24) is 4.90 Å². The zero-order valence-corrected chi connectivity index (χ0v) is 15.9. The lowest BCUT2D eigenvalue weighted by atomic mass is 10.1. The van der Waals surface area contributed by atoms with Crippen LogP contribution in [-0.2, 0) is 9.59 Å². The molecule has 7 nitrogen and oxygen atoms in total. The molecule has 0 bridgehead atoms. The molecule has 8 heteroatoms. The normalized spacial score (nSPS) is 10.6. The summed E-state index contributed by atoms with van der Waals surface area (Å²) >= 11 is 0. The van der Waals surface area contributed by atoms with Crippen molar-refractivity contribution in [2.45, 2.75) is 6.92 Å². The van der Waals surface area contributed by atoms with Crippen LogP contribution in [0.4, 0.5) is 10.1 Å². The Morgan fingerprint density at radius 1 is 1.17 bits per heavy atom. The maximum atomic E-state index is 13.2. The van der Waals surface area contributed by atoms with Crippen LogP contribution in [0, 0.1) is 12.7 Å². The van der Waals surface area contributed by atoms with Crippen molar-refractivity contribution >= 4 is 28.5 Å². The van der Waals surface area contributed by atoms with Gasteiger partial charge in [0.25, 0.3) is 5.91 Å². The van der Waals surface area contributed by atoms with E-state index in [1.54, 1.807) is 25.1 Å². The molecule has 2 aromatic carbocycles. The number of benzene rings is 2. The number of carbonyl (C=O) groups excluding carboxylic acids is 2. The Bertz CT molecular complexity index is 1130. The predicted molar refractivity (Wildman–Crippen MR) is 105 cm³/mol. The fraction of sp³-hybridized carbons (Fsp3) is 0.190.